The minimum Gasteiger partial charge on any atom is -0.494 e. The Labute approximate surface area is 274 Å². The van der Waals surface area contributed by atoms with Crippen LogP contribution >= 0.6 is 12.2 Å². The van der Waals surface area contributed by atoms with Crippen LogP contribution in [0.1, 0.15) is 24.6 Å². The number of nitro groups is 1. The Morgan fingerprint density at radius 3 is 2.40 bits per heavy atom. The molecule has 15 nitrogen and oxygen atoms in total. The monoisotopic (exact) mass is 679 g/mol. The lowest BCUT2D eigenvalue weighted by atomic mass is 10.1. The van der Waals surface area contributed by atoms with Gasteiger partial charge in [-0.3, -0.25) is 29.9 Å². The van der Waals surface area contributed by atoms with Gasteiger partial charge in [0.15, 0.2) is 5.11 Å². The molecule has 1 saturated heterocycles. The molecule has 0 radical (unpaired) electrons. The van der Waals surface area contributed by atoms with Crippen molar-refractivity contribution in [3.63, 3.8) is 0 Å². The van der Waals surface area contributed by atoms with Crippen LogP contribution in [-0.2, 0) is 33.2 Å². The highest BCUT2D eigenvalue weighted by molar-refractivity contribution is 7.90. The van der Waals surface area contributed by atoms with Crippen molar-refractivity contribution in [3.8, 4) is 5.75 Å². The third kappa shape index (κ3) is 7.20. The molecule has 1 aliphatic heterocycles. The van der Waals surface area contributed by atoms with Gasteiger partial charge in [0.2, 0.25) is 5.91 Å². The molecule has 5 rings (SSSR count). The molecule has 0 saturated carbocycles. The number of benzene rings is 3. The second-order valence-electron chi connectivity index (χ2n) is 10.4. The Hall–Kier alpha value is -5.42. The van der Waals surface area contributed by atoms with Crippen molar-refractivity contribution in [2.45, 2.75) is 37.8 Å². The second kappa shape index (κ2) is 13.5. The minimum absolute atomic E-state index is 0.0424. The molecule has 47 heavy (non-hydrogen) atoms. The van der Waals surface area contributed by atoms with Crippen LogP contribution in [-0.4, -0.2) is 47.8 Å². The number of non-ortho nitro benzene ring substituents is 1. The van der Waals surface area contributed by atoms with E-state index in [1.165, 1.54) is 57.9 Å². The van der Waals surface area contributed by atoms with E-state index >= 15 is 0 Å². The first-order valence-corrected chi connectivity index (χ1v) is 16.0. The summed E-state index contributed by atoms with van der Waals surface area (Å²) >= 11 is 5.76. The molecule has 4 aromatic rings. The molecule has 1 atom stereocenters. The van der Waals surface area contributed by atoms with Gasteiger partial charge in [-0.15, -0.1) is 4.40 Å². The highest BCUT2D eigenvalue weighted by atomic mass is 32.2. The number of thiocarbonyl (C=S) groups is 1. The Balaban J connectivity index is 1.48. The van der Waals surface area contributed by atoms with Gasteiger partial charge in [-0.05, 0) is 74.6 Å². The molecule has 1 aromatic heterocycles. The Kier molecular flexibility index (Phi) is 9.48. The zero-order valence-corrected chi connectivity index (χ0v) is 27.0. The van der Waals surface area contributed by atoms with Crippen molar-refractivity contribution in [3.05, 3.63) is 99.7 Å². The van der Waals surface area contributed by atoms with E-state index in [-0.39, 0.29) is 45.6 Å². The van der Waals surface area contributed by atoms with E-state index in [9.17, 15) is 28.1 Å². The van der Waals surface area contributed by atoms with Gasteiger partial charge in [-0.1, -0.05) is 17.7 Å². The molecule has 1 aliphatic rings. The van der Waals surface area contributed by atoms with Crippen LogP contribution in [0.5, 0.6) is 5.75 Å². The number of ether oxygens (including phenoxy) is 1. The van der Waals surface area contributed by atoms with E-state index in [4.69, 9.17) is 21.5 Å². The van der Waals surface area contributed by atoms with Crippen LogP contribution in [0.4, 0.5) is 17.1 Å². The number of nitrogens with zero attached hydrogens (tertiary/aromatic N) is 6. The average Bonchev–Trinajstić information content (AvgIpc) is 3.48. The number of anilines is 2. The first-order valence-electron chi connectivity index (χ1n) is 14.2. The van der Waals surface area contributed by atoms with E-state index < -0.39 is 32.8 Å². The predicted molar refractivity (Wildman–Crippen MR) is 171 cm³/mol. The van der Waals surface area contributed by atoms with Crippen molar-refractivity contribution in [2.24, 2.45) is 11.4 Å². The first-order chi connectivity index (χ1) is 22.4. The maximum Gasteiger partial charge on any atom is 0.289 e. The molecule has 0 aliphatic carbocycles. The maximum absolute atomic E-state index is 13.9. The fourth-order valence-electron chi connectivity index (χ4n) is 4.78. The number of carbonyl (C=O) groups is 2. The fraction of sp³-hybridized carbons (Fsp3) is 0.233. The van der Waals surface area contributed by atoms with Gasteiger partial charge in [0.25, 0.3) is 32.9 Å². The number of hydrogen-bond donors (Lipinski definition) is 1. The molecule has 1 fully saturated rings. The number of aromatic nitrogens is 2. The van der Waals surface area contributed by atoms with Gasteiger partial charge < -0.3 is 19.5 Å². The van der Waals surface area contributed by atoms with Crippen molar-refractivity contribution >= 4 is 56.2 Å². The lowest BCUT2D eigenvalue weighted by Crippen LogP contribution is -2.45. The summed E-state index contributed by atoms with van der Waals surface area (Å²) in [6.45, 7) is 3.91. The predicted octanol–water partition coefficient (Wildman–Crippen LogP) is 2.50. The van der Waals surface area contributed by atoms with Gasteiger partial charge in [0.05, 0.1) is 28.5 Å². The fourth-order valence-corrected chi connectivity index (χ4v) is 6.11. The summed E-state index contributed by atoms with van der Waals surface area (Å²) in [5.74, 6) is -0.495. The van der Waals surface area contributed by atoms with Crippen molar-refractivity contribution < 1.29 is 36.9 Å². The highest BCUT2D eigenvalue weighted by Crippen LogP contribution is 2.30. The van der Waals surface area contributed by atoms with Gasteiger partial charge >= 0.3 is 0 Å². The molecule has 1 N–H and O–H groups in total. The van der Waals surface area contributed by atoms with Crippen LogP contribution in [0.3, 0.4) is 0 Å². The molecule has 0 spiro atoms. The Morgan fingerprint density at radius 2 is 1.79 bits per heavy atom. The summed E-state index contributed by atoms with van der Waals surface area (Å²) in [6.07, 6.45) is -0.368. The highest BCUT2D eigenvalue weighted by Gasteiger charge is 2.45. The number of carbonyl (C=O) groups excluding carboxylic acids is 2. The van der Waals surface area contributed by atoms with Gasteiger partial charge in [-0.2, -0.15) is 8.42 Å². The van der Waals surface area contributed by atoms with E-state index in [0.717, 1.165) is 5.56 Å². The molecule has 0 bridgehead atoms. The van der Waals surface area contributed by atoms with Crippen LogP contribution in [0.2, 0.25) is 0 Å². The Bertz CT molecular complexity index is 2010. The lowest BCUT2D eigenvalue weighted by molar-refractivity contribution is -0.752. The molecule has 17 heteroatoms. The minimum atomic E-state index is -4.20. The molecular formula is C30H29N7O8S2. The number of sulfonamides is 1. The van der Waals surface area contributed by atoms with Crippen LogP contribution < -0.4 is 30.5 Å². The molecule has 3 aromatic carbocycles. The summed E-state index contributed by atoms with van der Waals surface area (Å²) in [5.41, 5.74) is 1.28. The van der Waals surface area contributed by atoms with Crippen LogP contribution in [0.25, 0.3) is 0 Å². The second-order valence-corrected chi connectivity index (χ2v) is 12.4. The summed E-state index contributed by atoms with van der Waals surface area (Å²) in [7, 11) is -2.69. The standard InChI is InChI=1S/C30H29N7O8S2/c1-4-44-23-13-11-21(12-14-23)36-29(39)25(17-27(38)31-20-7-9-22(10-8-20)37(40)41)35(30(36)46)18-26-28(45-33-34(26)3)32-47(42,43)24-15-5-19(2)6-16-24/h5-16,25H,4,17-18H2,1-3H3,(H,31,38)/b32-28+. The molecule has 244 valence electrons. The average molecular weight is 680 g/mol. The lowest BCUT2D eigenvalue weighted by Gasteiger charge is -2.22. The van der Waals surface area contributed by atoms with E-state index in [2.05, 4.69) is 15.0 Å². The number of rotatable bonds is 11. The molecule has 1 unspecified atom stereocenters. The van der Waals surface area contributed by atoms with Gasteiger partial charge in [0.1, 0.15) is 25.4 Å². The quantitative estimate of drug-likeness (QED) is 0.106. The molecule has 2 amide bonds. The third-order valence-corrected chi connectivity index (χ3v) is 8.89. The van der Waals surface area contributed by atoms with Gasteiger partial charge in [0, 0.05) is 17.8 Å². The van der Waals surface area contributed by atoms with Crippen molar-refractivity contribution in [1.29, 1.82) is 0 Å². The van der Waals surface area contributed by atoms with Crippen LogP contribution in [0.15, 0.2) is 86.6 Å². The molecular weight excluding hydrogens is 651 g/mol. The summed E-state index contributed by atoms with van der Waals surface area (Å²) < 4.78 is 42.2. The summed E-state index contributed by atoms with van der Waals surface area (Å²) in [5, 5.41) is 17.5. The van der Waals surface area contributed by atoms with E-state index in [0.29, 0.717) is 18.0 Å². The van der Waals surface area contributed by atoms with Gasteiger partial charge in [-0.25, -0.2) is 4.68 Å². The zero-order valence-electron chi connectivity index (χ0n) is 25.4. The normalized spacial score (nSPS) is 15.3. The number of aryl methyl sites for hydroxylation is 2. The number of nitro benzene ring substituents is 1. The number of amides is 2. The van der Waals surface area contributed by atoms with Crippen LogP contribution in [0, 0.1) is 17.0 Å². The van der Waals surface area contributed by atoms with E-state index in [1.54, 1.807) is 36.4 Å². The third-order valence-electron chi connectivity index (χ3n) is 7.19. The Morgan fingerprint density at radius 1 is 1.13 bits per heavy atom. The SMILES string of the molecule is CCOc1ccc(N2C(=O)C(CC(=O)Nc3ccc([N+](=O)[O-])cc3)N(Cc3/c(=N\S(=O)(=O)c4ccc(C)cc4)o[n-][n+]3C)C2=S)cc1. The molecule has 2 heterocycles. The number of nitrogens with one attached hydrogen (secondary N) is 1. The number of hydrogen-bond acceptors (Lipinski definition) is 9. The summed E-state index contributed by atoms with van der Waals surface area (Å²) in [4.78, 5) is 40.3. The topological polar surface area (TPSA) is 183 Å². The summed E-state index contributed by atoms with van der Waals surface area (Å²) in [6, 6.07) is 16.9. The largest absolute Gasteiger partial charge is 0.494 e. The van der Waals surface area contributed by atoms with Crippen molar-refractivity contribution in [2.75, 3.05) is 16.8 Å². The zero-order chi connectivity index (χ0) is 33.9. The maximum atomic E-state index is 13.9. The van der Waals surface area contributed by atoms with E-state index in [1.807, 2.05) is 13.8 Å². The smallest absolute Gasteiger partial charge is 0.289 e. The van der Waals surface area contributed by atoms with Crippen molar-refractivity contribution in [1.82, 2.24) is 10.2 Å². The first kappa shape index (κ1) is 33.0.